The van der Waals surface area contributed by atoms with E-state index in [2.05, 4.69) is 49.7 Å². The molecule has 0 N–H and O–H groups in total. The molecule has 1 unspecified atom stereocenters. The van der Waals surface area contributed by atoms with E-state index in [0.29, 0.717) is 18.4 Å². The van der Waals surface area contributed by atoms with Crippen LogP contribution in [0, 0.1) is 0 Å². The molecule has 1 fully saturated rings. The van der Waals surface area contributed by atoms with Crippen LogP contribution in [0.15, 0.2) is 4.52 Å². The standard InChI is InChI=1S/C13H23N3O2/c1-9(2)12-14-11(18-15-12)7-16-6-10(3)17-13(4,5)8-16/h9-10H,6-8H2,1-5H3. The SMILES string of the molecule is CC1CN(Cc2nc(C(C)C)no2)CC(C)(C)O1. The number of ether oxygens (including phenoxy) is 1. The van der Waals surface area contributed by atoms with Gasteiger partial charge < -0.3 is 9.26 Å². The van der Waals surface area contributed by atoms with Gasteiger partial charge in [-0.1, -0.05) is 19.0 Å². The molecule has 1 aromatic rings. The lowest BCUT2D eigenvalue weighted by Gasteiger charge is -2.41. The number of aromatic nitrogens is 2. The normalized spacial score (nSPS) is 24.7. The fraction of sp³-hybridized carbons (Fsp3) is 0.846. The van der Waals surface area contributed by atoms with Crippen LogP contribution >= 0.6 is 0 Å². The molecule has 5 heteroatoms. The molecule has 102 valence electrons. The Hall–Kier alpha value is -0.940. The molecule has 1 aromatic heterocycles. The highest BCUT2D eigenvalue weighted by molar-refractivity contribution is 4.93. The van der Waals surface area contributed by atoms with E-state index in [0.717, 1.165) is 18.9 Å². The maximum absolute atomic E-state index is 5.88. The minimum atomic E-state index is -0.113. The molecule has 18 heavy (non-hydrogen) atoms. The van der Waals surface area contributed by atoms with Gasteiger partial charge in [0, 0.05) is 19.0 Å². The zero-order chi connectivity index (χ0) is 13.3. The van der Waals surface area contributed by atoms with Crippen molar-refractivity contribution in [2.45, 2.75) is 58.8 Å². The van der Waals surface area contributed by atoms with E-state index in [1.807, 2.05) is 0 Å². The van der Waals surface area contributed by atoms with E-state index in [1.165, 1.54) is 0 Å². The Labute approximate surface area is 108 Å². The third-order valence-electron chi connectivity index (χ3n) is 3.00. The van der Waals surface area contributed by atoms with E-state index < -0.39 is 0 Å². The fourth-order valence-corrected chi connectivity index (χ4v) is 2.46. The summed E-state index contributed by atoms with van der Waals surface area (Å²) in [5.41, 5.74) is -0.113. The molecule has 2 rings (SSSR count). The molecule has 5 nitrogen and oxygen atoms in total. The van der Waals surface area contributed by atoms with Crippen LogP contribution in [0.3, 0.4) is 0 Å². The van der Waals surface area contributed by atoms with Crippen molar-refractivity contribution in [2.24, 2.45) is 0 Å². The number of morpholine rings is 1. The predicted molar refractivity (Wildman–Crippen MR) is 68.3 cm³/mol. The van der Waals surface area contributed by atoms with Gasteiger partial charge in [0.1, 0.15) is 0 Å². The summed E-state index contributed by atoms with van der Waals surface area (Å²) in [6.45, 7) is 13.0. The Morgan fingerprint density at radius 3 is 2.72 bits per heavy atom. The van der Waals surface area contributed by atoms with Gasteiger partial charge in [-0.2, -0.15) is 4.98 Å². The Balaban J connectivity index is 2.00. The first kappa shape index (κ1) is 13.5. The van der Waals surface area contributed by atoms with Gasteiger partial charge in [-0.15, -0.1) is 0 Å². The summed E-state index contributed by atoms with van der Waals surface area (Å²) in [6, 6.07) is 0. The lowest BCUT2D eigenvalue weighted by Crippen LogP contribution is -2.51. The van der Waals surface area contributed by atoms with Crippen LogP contribution in [0.25, 0.3) is 0 Å². The second-order valence-electron chi connectivity index (χ2n) is 6.06. The molecule has 0 aliphatic carbocycles. The van der Waals surface area contributed by atoms with Crippen molar-refractivity contribution in [1.29, 1.82) is 0 Å². The maximum atomic E-state index is 5.88. The number of hydrogen-bond donors (Lipinski definition) is 0. The summed E-state index contributed by atoms with van der Waals surface area (Å²) in [5, 5.41) is 3.99. The van der Waals surface area contributed by atoms with E-state index in [9.17, 15) is 0 Å². The van der Waals surface area contributed by atoms with Crippen LogP contribution < -0.4 is 0 Å². The summed E-state index contributed by atoms with van der Waals surface area (Å²) >= 11 is 0. The van der Waals surface area contributed by atoms with Crippen molar-refractivity contribution in [3.8, 4) is 0 Å². The molecule has 1 atom stereocenters. The predicted octanol–water partition coefficient (Wildman–Crippen LogP) is 2.19. The van der Waals surface area contributed by atoms with Crippen LogP contribution in [0.1, 0.15) is 52.3 Å². The highest BCUT2D eigenvalue weighted by atomic mass is 16.5. The van der Waals surface area contributed by atoms with Gasteiger partial charge in [-0.25, -0.2) is 0 Å². The summed E-state index contributed by atoms with van der Waals surface area (Å²) in [4.78, 5) is 6.73. The third-order valence-corrected chi connectivity index (χ3v) is 3.00. The minimum Gasteiger partial charge on any atom is -0.370 e. The second kappa shape index (κ2) is 4.97. The fourth-order valence-electron chi connectivity index (χ4n) is 2.46. The molecule has 0 radical (unpaired) electrons. The average Bonchev–Trinajstić information content (AvgIpc) is 2.62. The highest BCUT2D eigenvalue weighted by Gasteiger charge is 2.32. The van der Waals surface area contributed by atoms with Crippen LogP contribution in [0.2, 0.25) is 0 Å². The van der Waals surface area contributed by atoms with E-state index >= 15 is 0 Å². The van der Waals surface area contributed by atoms with E-state index in [4.69, 9.17) is 9.26 Å². The molecule has 1 aliphatic heterocycles. The van der Waals surface area contributed by atoms with Crippen molar-refractivity contribution in [2.75, 3.05) is 13.1 Å². The van der Waals surface area contributed by atoms with Crippen molar-refractivity contribution in [3.05, 3.63) is 11.7 Å². The first-order valence-electron chi connectivity index (χ1n) is 6.58. The van der Waals surface area contributed by atoms with Gasteiger partial charge in [-0.05, 0) is 20.8 Å². The maximum Gasteiger partial charge on any atom is 0.240 e. The Bertz CT molecular complexity index is 401. The lowest BCUT2D eigenvalue weighted by atomic mass is 10.1. The largest absolute Gasteiger partial charge is 0.370 e. The van der Waals surface area contributed by atoms with Crippen LogP contribution in [-0.4, -0.2) is 39.8 Å². The van der Waals surface area contributed by atoms with Crippen molar-refractivity contribution in [3.63, 3.8) is 0 Å². The summed E-state index contributed by atoms with van der Waals surface area (Å²) in [5.74, 6) is 1.79. The first-order chi connectivity index (χ1) is 8.35. The second-order valence-corrected chi connectivity index (χ2v) is 6.06. The first-order valence-corrected chi connectivity index (χ1v) is 6.58. The summed E-state index contributed by atoms with van der Waals surface area (Å²) in [6.07, 6.45) is 0.237. The molecule has 2 heterocycles. The molecular weight excluding hydrogens is 230 g/mol. The van der Waals surface area contributed by atoms with Crippen LogP contribution in [0.4, 0.5) is 0 Å². The molecule has 1 aliphatic rings. The van der Waals surface area contributed by atoms with Crippen molar-refractivity contribution in [1.82, 2.24) is 15.0 Å². The zero-order valence-corrected chi connectivity index (χ0v) is 11.9. The number of nitrogens with zero attached hydrogens (tertiary/aromatic N) is 3. The highest BCUT2D eigenvalue weighted by Crippen LogP contribution is 2.22. The van der Waals surface area contributed by atoms with E-state index in [1.54, 1.807) is 0 Å². The van der Waals surface area contributed by atoms with Gasteiger partial charge in [-0.3, -0.25) is 4.90 Å². The summed E-state index contributed by atoms with van der Waals surface area (Å²) < 4.78 is 11.2. The molecule has 0 spiro atoms. The number of hydrogen-bond acceptors (Lipinski definition) is 5. The van der Waals surface area contributed by atoms with Gasteiger partial charge in [0.25, 0.3) is 0 Å². The van der Waals surface area contributed by atoms with E-state index in [-0.39, 0.29) is 11.7 Å². The van der Waals surface area contributed by atoms with Crippen LogP contribution in [0.5, 0.6) is 0 Å². The molecule has 0 aromatic carbocycles. The monoisotopic (exact) mass is 253 g/mol. The minimum absolute atomic E-state index is 0.113. The topological polar surface area (TPSA) is 51.4 Å². The Morgan fingerprint density at radius 2 is 2.17 bits per heavy atom. The smallest absolute Gasteiger partial charge is 0.240 e. The summed E-state index contributed by atoms with van der Waals surface area (Å²) in [7, 11) is 0. The zero-order valence-electron chi connectivity index (χ0n) is 11.9. The lowest BCUT2D eigenvalue weighted by molar-refractivity contribution is -0.132. The number of rotatable bonds is 3. The van der Waals surface area contributed by atoms with Crippen molar-refractivity contribution < 1.29 is 9.26 Å². The van der Waals surface area contributed by atoms with Crippen molar-refractivity contribution >= 4 is 0 Å². The van der Waals surface area contributed by atoms with Gasteiger partial charge >= 0.3 is 0 Å². The Morgan fingerprint density at radius 1 is 1.44 bits per heavy atom. The third kappa shape index (κ3) is 3.29. The molecule has 0 bridgehead atoms. The molecule has 0 amide bonds. The average molecular weight is 253 g/mol. The van der Waals surface area contributed by atoms with Gasteiger partial charge in [0.15, 0.2) is 5.82 Å². The Kier molecular flexibility index (Phi) is 3.73. The molecular formula is C13H23N3O2. The van der Waals surface area contributed by atoms with Crippen LogP contribution in [-0.2, 0) is 11.3 Å². The molecule has 0 saturated carbocycles. The van der Waals surface area contributed by atoms with Gasteiger partial charge in [0.2, 0.25) is 5.89 Å². The van der Waals surface area contributed by atoms with Gasteiger partial charge in [0.05, 0.1) is 18.2 Å². The quantitative estimate of drug-likeness (QED) is 0.826. The molecule has 1 saturated heterocycles.